The van der Waals surface area contributed by atoms with E-state index < -0.39 is 0 Å². The zero-order valence-corrected chi connectivity index (χ0v) is 11.2. The van der Waals surface area contributed by atoms with Crippen molar-refractivity contribution in [3.05, 3.63) is 41.2 Å². The second-order valence-corrected chi connectivity index (χ2v) is 4.49. The van der Waals surface area contributed by atoms with Gasteiger partial charge in [0.2, 0.25) is 0 Å². The molecule has 4 nitrogen and oxygen atoms in total. The fourth-order valence-corrected chi connectivity index (χ4v) is 1.87. The monoisotopic (exact) mass is 265 g/mol. The van der Waals surface area contributed by atoms with Crippen molar-refractivity contribution in [3.8, 4) is 11.8 Å². The van der Waals surface area contributed by atoms with Crippen molar-refractivity contribution in [2.45, 2.75) is 26.4 Å². The predicted octanol–water partition coefficient (Wildman–Crippen LogP) is 3.37. The SMILES string of the molecule is CCn1c(C(C)N)cnc1Oc1ccc(Cl)cc1. The third-order valence-electron chi connectivity index (χ3n) is 2.66. The van der Waals surface area contributed by atoms with Crippen LogP contribution in [0.2, 0.25) is 5.02 Å². The van der Waals surface area contributed by atoms with Crippen LogP contribution in [0.15, 0.2) is 30.5 Å². The minimum absolute atomic E-state index is 0.0694. The summed E-state index contributed by atoms with van der Waals surface area (Å²) in [7, 11) is 0. The van der Waals surface area contributed by atoms with Gasteiger partial charge in [-0.25, -0.2) is 4.98 Å². The Hall–Kier alpha value is -1.52. The molecule has 0 saturated carbocycles. The fraction of sp³-hybridized carbons (Fsp3) is 0.308. The summed E-state index contributed by atoms with van der Waals surface area (Å²) in [5, 5.41) is 0.678. The molecule has 1 atom stereocenters. The van der Waals surface area contributed by atoms with Gasteiger partial charge in [-0.2, -0.15) is 0 Å². The molecule has 1 aromatic heterocycles. The molecule has 96 valence electrons. The van der Waals surface area contributed by atoms with E-state index in [0.29, 0.717) is 16.8 Å². The minimum atomic E-state index is -0.0694. The van der Waals surface area contributed by atoms with Crippen LogP contribution in [-0.4, -0.2) is 9.55 Å². The molecule has 0 amide bonds. The average Bonchev–Trinajstić information content (AvgIpc) is 2.75. The van der Waals surface area contributed by atoms with Crippen molar-refractivity contribution >= 4 is 11.6 Å². The van der Waals surface area contributed by atoms with Crippen LogP contribution in [0.3, 0.4) is 0 Å². The Bertz CT molecular complexity index is 520. The molecule has 0 spiro atoms. The van der Waals surface area contributed by atoms with Gasteiger partial charge >= 0.3 is 6.01 Å². The molecule has 1 heterocycles. The Morgan fingerprint density at radius 1 is 1.39 bits per heavy atom. The van der Waals surface area contributed by atoms with E-state index >= 15 is 0 Å². The maximum atomic E-state index is 5.88. The van der Waals surface area contributed by atoms with E-state index in [1.807, 2.05) is 30.5 Å². The molecule has 18 heavy (non-hydrogen) atoms. The summed E-state index contributed by atoms with van der Waals surface area (Å²) in [5.74, 6) is 0.705. The van der Waals surface area contributed by atoms with Crippen LogP contribution in [0.25, 0.3) is 0 Å². The number of aromatic nitrogens is 2. The first-order valence-corrected chi connectivity index (χ1v) is 6.24. The van der Waals surface area contributed by atoms with E-state index in [4.69, 9.17) is 22.1 Å². The molecule has 1 unspecified atom stereocenters. The Labute approximate surface area is 111 Å². The zero-order valence-electron chi connectivity index (χ0n) is 10.4. The average molecular weight is 266 g/mol. The van der Waals surface area contributed by atoms with Gasteiger partial charge < -0.3 is 10.5 Å². The van der Waals surface area contributed by atoms with E-state index in [1.165, 1.54) is 0 Å². The number of rotatable bonds is 4. The van der Waals surface area contributed by atoms with Crippen LogP contribution in [-0.2, 0) is 6.54 Å². The van der Waals surface area contributed by atoms with Crippen molar-refractivity contribution in [2.24, 2.45) is 5.73 Å². The number of nitrogens with two attached hydrogens (primary N) is 1. The lowest BCUT2D eigenvalue weighted by Crippen LogP contribution is -2.12. The van der Waals surface area contributed by atoms with Gasteiger partial charge in [0.15, 0.2) is 0 Å². The topological polar surface area (TPSA) is 53.1 Å². The van der Waals surface area contributed by atoms with Gasteiger partial charge in [0.05, 0.1) is 11.9 Å². The van der Waals surface area contributed by atoms with E-state index in [2.05, 4.69) is 4.98 Å². The maximum Gasteiger partial charge on any atom is 0.302 e. The van der Waals surface area contributed by atoms with Crippen molar-refractivity contribution in [1.29, 1.82) is 0 Å². The molecular weight excluding hydrogens is 250 g/mol. The quantitative estimate of drug-likeness (QED) is 0.922. The summed E-state index contributed by atoms with van der Waals surface area (Å²) < 4.78 is 7.68. The first-order valence-electron chi connectivity index (χ1n) is 5.86. The smallest absolute Gasteiger partial charge is 0.302 e. The van der Waals surface area contributed by atoms with Crippen LogP contribution in [0.5, 0.6) is 11.8 Å². The largest absolute Gasteiger partial charge is 0.426 e. The van der Waals surface area contributed by atoms with Crippen molar-refractivity contribution in [2.75, 3.05) is 0 Å². The van der Waals surface area contributed by atoms with Crippen molar-refractivity contribution in [3.63, 3.8) is 0 Å². The summed E-state index contributed by atoms with van der Waals surface area (Å²) in [5.41, 5.74) is 6.84. The molecule has 0 saturated heterocycles. The first kappa shape index (κ1) is 12.9. The molecule has 0 aliphatic heterocycles. The Kier molecular flexibility index (Phi) is 3.89. The van der Waals surface area contributed by atoms with Gasteiger partial charge in [0.1, 0.15) is 5.75 Å². The van der Waals surface area contributed by atoms with Gasteiger partial charge in [-0.05, 0) is 38.1 Å². The lowest BCUT2D eigenvalue weighted by Gasteiger charge is -2.11. The third-order valence-corrected chi connectivity index (χ3v) is 2.91. The Balaban J connectivity index is 2.26. The van der Waals surface area contributed by atoms with Crippen LogP contribution < -0.4 is 10.5 Å². The van der Waals surface area contributed by atoms with E-state index in [1.54, 1.807) is 18.3 Å². The molecule has 2 rings (SSSR count). The highest BCUT2D eigenvalue weighted by atomic mass is 35.5. The van der Waals surface area contributed by atoms with Gasteiger partial charge in [-0.1, -0.05) is 11.6 Å². The molecule has 5 heteroatoms. The Morgan fingerprint density at radius 3 is 2.61 bits per heavy atom. The summed E-state index contributed by atoms with van der Waals surface area (Å²) in [6.07, 6.45) is 1.75. The summed E-state index contributed by atoms with van der Waals surface area (Å²) in [6.45, 7) is 4.72. The van der Waals surface area contributed by atoms with Crippen LogP contribution in [0, 0.1) is 0 Å². The van der Waals surface area contributed by atoms with Crippen LogP contribution >= 0.6 is 11.6 Å². The van der Waals surface area contributed by atoms with Crippen molar-refractivity contribution in [1.82, 2.24) is 9.55 Å². The number of imidazole rings is 1. The van der Waals surface area contributed by atoms with Crippen molar-refractivity contribution < 1.29 is 4.74 Å². The lowest BCUT2D eigenvalue weighted by molar-refractivity contribution is 0.409. The second-order valence-electron chi connectivity index (χ2n) is 4.05. The lowest BCUT2D eigenvalue weighted by atomic mass is 10.3. The Morgan fingerprint density at radius 2 is 2.06 bits per heavy atom. The van der Waals surface area contributed by atoms with E-state index in [0.717, 1.165) is 12.2 Å². The number of benzene rings is 1. The normalized spacial score (nSPS) is 12.4. The molecule has 0 aliphatic carbocycles. The summed E-state index contributed by atoms with van der Waals surface area (Å²) >= 11 is 5.83. The molecule has 0 radical (unpaired) electrons. The standard InChI is InChI=1S/C13H16ClN3O/c1-3-17-12(9(2)15)8-16-13(17)18-11-6-4-10(14)5-7-11/h4-9H,3,15H2,1-2H3. The highest BCUT2D eigenvalue weighted by Gasteiger charge is 2.13. The van der Waals surface area contributed by atoms with Gasteiger partial charge in [-0.15, -0.1) is 0 Å². The third kappa shape index (κ3) is 2.66. The zero-order chi connectivity index (χ0) is 13.1. The first-order chi connectivity index (χ1) is 8.61. The molecule has 1 aromatic carbocycles. The summed E-state index contributed by atoms with van der Waals surface area (Å²) in [6, 6.07) is 7.66. The predicted molar refractivity (Wildman–Crippen MR) is 72.0 cm³/mol. The number of halogens is 1. The highest BCUT2D eigenvalue weighted by molar-refractivity contribution is 6.30. The maximum absolute atomic E-state index is 5.88. The van der Waals surface area contributed by atoms with E-state index in [9.17, 15) is 0 Å². The highest BCUT2D eigenvalue weighted by Crippen LogP contribution is 2.24. The minimum Gasteiger partial charge on any atom is -0.426 e. The molecule has 2 N–H and O–H groups in total. The number of ether oxygens (including phenoxy) is 1. The molecule has 0 fully saturated rings. The van der Waals surface area contributed by atoms with Crippen LogP contribution in [0.1, 0.15) is 25.6 Å². The van der Waals surface area contributed by atoms with E-state index in [-0.39, 0.29) is 6.04 Å². The second kappa shape index (κ2) is 5.42. The number of hydrogen-bond acceptors (Lipinski definition) is 3. The van der Waals surface area contributed by atoms with Gasteiger partial charge in [0, 0.05) is 17.6 Å². The fourth-order valence-electron chi connectivity index (χ4n) is 1.74. The molecule has 2 aromatic rings. The molecule has 0 aliphatic rings. The number of nitrogens with zero attached hydrogens (tertiary/aromatic N) is 2. The van der Waals surface area contributed by atoms with Gasteiger partial charge in [0.25, 0.3) is 0 Å². The number of hydrogen-bond donors (Lipinski definition) is 1. The van der Waals surface area contributed by atoms with Crippen LogP contribution in [0.4, 0.5) is 0 Å². The summed E-state index contributed by atoms with van der Waals surface area (Å²) in [4.78, 5) is 4.25. The molecule has 0 bridgehead atoms. The van der Waals surface area contributed by atoms with Gasteiger partial charge in [-0.3, -0.25) is 4.57 Å². The molecular formula is C13H16ClN3O.